The molecule has 1 fully saturated rings. The molecule has 1 saturated heterocycles. The summed E-state index contributed by atoms with van der Waals surface area (Å²) in [6, 6.07) is 9.29. The summed E-state index contributed by atoms with van der Waals surface area (Å²) in [5.74, 6) is 0. The number of rotatable bonds is 3. The van der Waals surface area contributed by atoms with E-state index in [0.717, 1.165) is 11.0 Å². The SMILES string of the molecule is CC(c1ccc(Br)cc1)n1cncc1[C@@H]1CCCN1. The van der Waals surface area contributed by atoms with Gasteiger partial charge in [0.05, 0.1) is 18.1 Å². The van der Waals surface area contributed by atoms with Gasteiger partial charge in [0.1, 0.15) is 0 Å². The van der Waals surface area contributed by atoms with Crippen LogP contribution in [0.2, 0.25) is 0 Å². The highest BCUT2D eigenvalue weighted by atomic mass is 79.9. The number of halogens is 1. The van der Waals surface area contributed by atoms with Gasteiger partial charge in [0.15, 0.2) is 0 Å². The molecule has 1 aromatic heterocycles. The van der Waals surface area contributed by atoms with E-state index in [2.05, 4.69) is 62.0 Å². The standard InChI is InChI=1S/C15H18BrN3/c1-11(12-4-6-13(16)7-5-12)19-10-17-9-15(19)14-3-2-8-18-14/h4-7,9-11,14,18H,2-3,8H2,1H3/t11?,14-/m0/s1. The minimum atomic E-state index is 0.313. The van der Waals surface area contributed by atoms with Crippen molar-refractivity contribution in [3.8, 4) is 0 Å². The molecule has 4 heteroatoms. The summed E-state index contributed by atoms with van der Waals surface area (Å²) in [6.45, 7) is 3.34. The van der Waals surface area contributed by atoms with E-state index < -0.39 is 0 Å². The van der Waals surface area contributed by atoms with E-state index in [4.69, 9.17) is 0 Å². The Hall–Kier alpha value is -1.13. The Bertz CT molecular complexity index is 541. The van der Waals surface area contributed by atoms with Gasteiger partial charge in [-0.3, -0.25) is 0 Å². The molecule has 1 N–H and O–H groups in total. The van der Waals surface area contributed by atoms with Gasteiger partial charge >= 0.3 is 0 Å². The molecule has 2 atom stereocenters. The molecule has 1 unspecified atom stereocenters. The summed E-state index contributed by atoms with van der Waals surface area (Å²) < 4.78 is 3.40. The van der Waals surface area contributed by atoms with Gasteiger partial charge in [-0.15, -0.1) is 0 Å². The molecule has 0 saturated carbocycles. The molecule has 0 bridgehead atoms. The molecule has 2 heterocycles. The monoisotopic (exact) mass is 319 g/mol. The zero-order chi connectivity index (χ0) is 13.2. The molecule has 3 nitrogen and oxygen atoms in total. The van der Waals surface area contributed by atoms with Crippen LogP contribution in [0.5, 0.6) is 0 Å². The van der Waals surface area contributed by atoms with Crippen LogP contribution in [0.1, 0.15) is 43.1 Å². The molecule has 1 aliphatic rings. The Morgan fingerprint density at radius 2 is 2.16 bits per heavy atom. The molecule has 0 spiro atoms. The van der Waals surface area contributed by atoms with E-state index in [-0.39, 0.29) is 0 Å². The third kappa shape index (κ3) is 2.60. The summed E-state index contributed by atoms with van der Waals surface area (Å²) in [4.78, 5) is 4.34. The van der Waals surface area contributed by atoms with Crippen molar-refractivity contribution >= 4 is 15.9 Å². The van der Waals surface area contributed by atoms with Crippen LogP contribution in [0.4, 0.5) is 0 Å². The van der Waals surface area contributed by atoms with Crippen molar-refractivity contribution < 1.29 is 0 Å². The van der Waals surface area contributed by atoms with Crippen LogP contribution in [-0.4, -0.2) is 16.1 Å². The van der Waals surface area contributed by atoms with Crippen molar-refractivity contribution in [3.63, 3.8) is 0 Å². The number of aromatic nitrogens is 2. The molecular formula is C15H18BrN3. The van der Waals surface area contributed by atoms with Crippen LogP contribution in [-0.2, 0) is 0 Å². The van der Waals surface area contributed by atoms with Gasteiger partial charge in [-0.25, -0.2) is 4.98 Å². The van der Waals surface area contributed by atoms with Gasteiger partial charge in [-0.05, 0) is 44.0 Å². The molecule has 100 valence electrons. The van der Waals surface area contributed by atoms with Crippen LogP contribution in [0.3, 0.4) is 0 Å². The fourth-order valence-corrected chi connectivity index (χ4v) is 3.01. The highest BCUT2D eigenvalue weighted by Crippen LogP contribution is 2.28. The number of nitrogens with one attached hydrogen (secondary N) is 1. The number of benzene rings is 1. The second-order valence-electron chi connectivity index (χ2n) is 5.10. The zero-order valence-corrected chi connectivity index (χ0v) is 12.6. The predicted molar refractivity (Wildman–Crippen MR) is 80.2 cm³/mol. The highest BCUT2D eigenvalue weighted by molar-refractivity contribution is 9.10. The smallest absolute Gasteiger partial charge is 0.0954 e. The van der Waals surface area contributed by atoms with Gasteiger partial charge < -0.3 is 9.88 Å². The van der Waals surface area contributed by atoms with Gasteiger partial charge in [0.25, 0.3) is 0 Å². The van der Waals surface area contributed by atoms with Crippen molar-refractivity contribution in [2.45, 2.75) is 31.8 Å². The number of hydrogen-bond acceptors (Lipinski definition) is 2. The van der Waals surface area contributed by atoms with E-state index in [1.165, 1.54) is 24.1 Å². The maximum Gasteiger partial charge on any atom is 0.0954 e. The van der Waals surface area contributed by atoms with Crippen LogP contribution in [0.15, 0.2) is 41.3 Å². The fraction of sp³-hybridized carbons (Fsp3) is 0.400. The summed E-state index contributed by atoms with van der Waals surface area (Å²) in [5, 5.41) is 3.55. The maximum atomic E-state index is 4.34. The fourth-order valence-electron chi connectivity index (χ4n) is 2.75. The van der Waals surface area contributed by atoms with Crippen LogP contribution in [0.25, 0.3) is 0 Å². The minimum absolute atomic E-state index is 0.313. The Kier molecular flexibility index (Phi) is 3.71. The molecule has 0 aliphatic carbocycles. The predicted octanol–water partition coefficient (Wildman–Crippen LogP) is 3.68. The van der Waals surface area contributed by atoms with E-state index in [1.807, 2.05) is 12.5 Å². The molecule has 1 aliphatic heterocycles. The van der Waals surface area contributed by atoms with Gasteiger partial charge in [-0.1, -0.05) is 28.1 Å². The Balaban J connectivity index is 1.89. The first-order chi connectivity index (χ1) is 9.25. The van der Waals surface area contributed by atoms with Gasteiger partial charge in [-0.2, -0.15) is 0 Å². The average molecular weight is 320 g/mol. The quantitative estimate of drug-likeness (QED) is 0.935. The summed E-state index contributed by atoms with van der Waals surface area (Å²) >= 11 is 3.48. The lowest BCUT2D eigenvalue weighted by atomic mass is 10.1. The third-order valence-corrected chi connectivity index (χ3v) is 4.41. The van der Waals surface area contributed by atoms with E-state index in [0.29, 0.717) is 12.1 Å². The van der Waals surface area contributed by atoms with Gasteiger partial charge in [0.2, 0.25) is 0 Å². The van der Waals surface area contributed by atoms with Crippen molar-refractivity contribution in [3.05, 3.63) is 52.5 Å². The second-order valence-corrected chi connectivity index (χ2v) is 6.02. The topological polar surface area (TPSA) is 29.9 Å². The highest BCUT2D eigenvalue weighted by Gasteiger charge is 2.22. The molecule has 0 amide bonds. The van der Waals surface area contributed by atoms with E-state index in [1.54, 1.807) is 0 Å². The third-order valence-electron chi connectivity index (χ3n) is 3.88. The first-order valence-electron chi connectivity index (χ1n) is 6.76. The van der Waals surface area contributed by atoms with Gasteiger partial charge in [0, 0.05) is 16.7 Å². The maximum absolute atomic E-state index is 4.34. The number of nitrogens with zero attached hydrogens (tertiary/aromatic N) is 2. The minimum Gasteiger partial charge on any atom is -0.326 e. The molecule has 1 aromatic carbocycles. The molecular weight excluding hydrogens is 302 g/mol. The van der Waals surface area contributed by atoms with Crippen LogP contribution >= 0.6 is 15.9 Å². The molecule has 3 rings (SSSR count). The lowest BCUT2D eigenvalue weighted by Gasteiger charge is -2.20. The first-order valence-corrected chi connectivity index (χ1v) is 7.55. The number of hydrogen-bond donors (Lipinski definition) is 1. The van der Waals surface area contributed by atoms with Crippen molar-refractivity contribution in [2.24, 2.45) is 0 Å². The molecule has 19 heavy (non-hydrogen) atoms. The largest absolute Gasteiger partial charge is 0.326 e. The molecule has 2 aromatic rings. The Morgan fingerprint density at radius 3 is 2.84 bits per heavy atom. The van der Waals surface area contributed by atoms with Crippen molar-refractivity contribution in [1.82, 2.24) is 14.9 Å². The molecule has 0 radical (unpaired) electrons. The summed E-state index contributed by atoms with van der Waals surface area (Å²) in [5.41, 5.74) is 2.60. The van der Waals surface area contributed by atoms with Crippen LogP contribution in [0, 0.1) is 0 Å². The summed E-state index contributed by atoms with van der Waals surface area (Å²) in [6.07, 6.45) is 6.40. The van der Waals surface area contributed by atoms with E-state index in [9.17, 15) is 0 Å². The van der Waals surface area contributed by atoms with Crippen molar-refractivity contribution in [1.29, 1.82) is 0 Å². The Labute approximate surface area is 122 Å². The Morgan fingerprint density at radius 1 is 1.37 bits per heavy atom. The lowest BCUT2D eigenvalue weighted by molar-refractivity contribution is 0.538. The normalized spacial score (nSPS) is 20.6. The van der Waals surface area contributed by atoms with E-state index >= 15 is 0 Å². The summed E-state index contributed by atoms with van der Waals surface area (Å²) in [7, 11) is 0. The van der Waals surface area contributed by atoms with Crippen molar-refractivity contribution in [2.75, 3.05) is 6.54 Å². The number of imidazole rings is 1. The lowest BCUT2D eigenvalue weighted by Crippen LogP contribution is -2.18. The second kappa shape index (κ2) is 5.47. The average Bonchev–Trinajstić information content (AvgIpc) is 3.09. The first kappa shape index (κ1) is 12.9. The van der Waals surface area contributed by atoms with Crippen LogP contribution < -0.4 is 5.32 Å². The zero-order valence-electron chi connectivity index (χ0n) is 11.0.